The highest BCUT2D eigenvalue weighted by atomic mass is 16.2. The molecule has 0 spiro atoms. The summed E-state index contributed by atoms with van der Waals surface area (Å²) in [5.41, 5.74) is 2.39. The van der Waals surface area contributed by atoms with Gasteiger partial charge in [0.25, 0.3) is 11.7 Å². The quantitative estimate of drug-likeness (QED) is 0.629. The molecule has 1 aromatic heterocycles. The number of nitrogens with zero attached hydrogens (tertiary/aromatic N) is 2. The van der Waals surface area contributed by atoms with Crippen molar-refractivity contribution in [2.24, 2.45) is 7.05 Å². The van der Waals surface area contributed by atoms with Crippen LogP contribution >= 0.6 is 0 Å². The van der Waals surface area contributed by atoms with Crippen molar-refractivity contribution in [1.29, 1.82) is 0 Å². The van der Waals surface area contributed by atoms with Gasteiger partial charge in [0.15, 0.2) is 0 Å². The number of piperidine rings is 1. The Kier molecular flexibility index (Phi) is 4.00. The van der Waals surface area contributed by atoms with E-state index in [-0.39, 0.29) is 23.8 Å². The lowest BCUT2D eigenvalue weighted by Crippen LogP contribution is -2.50. The van der Waals surface area contributed by atoms with E-state index >= 15 is 0 Å². The number of Topliss-reactive ketones (excluding diaryl/α,β-unsaturated/α-hetero) is 1. The Balaban J connectivity index is 2.04. The van der Waals surface area contributed by atoms with E-state index in [9.17, 15) is 9.59 Å². The molecule has 4 heteroatoms. The van der Waals surface area contributed by atoms with Crippen molar-refractivity contribution in [3.63, 3.8) is 0 Å². The van der Waals surface area contributed by atoms with Gasteiger partial charge in [-0.2, -0.15) is 0 Å². The third-order valence-corrected chi connectivity index (χ3v) is 5.25. The minimum atomic E-state index is -0.375. The molecule has 1 fully saturated rings. The van der Waals surface area contributed by atoms with E-state index < -0.39 is 0 Å². The van der Waals surface area contributed by atoms with Crippen molar-refractivity contribution in [3.05, 3.63) is 35.5 Å². The first-order chi connectivity index (χ1) is 10.9. The van der Waals surface area contributed by atoms with Crippen LogP contribution in [0.25, 0.3) is 10.9 Å². The number of aromatic nitrogens is 1. The Bertz CT molecular complexity index is 765. The van der Waals surface area contributed by atoms with Crippen LogP contribution in [-0.2, 0) is 11.8 Å². The monoisotopic (exact) mass is 312 g/mol. The van der Waals surface area contributed by atoms with E-state index in [1.165, 1.54) is 0 Å². The lowest BCUT2D eigenvalue weighted by atomic mass is 9.95. The lowest BCUT2D eigenvalue weighted by Gasteiger charge is -2.38. The Hall–Kier alpha value is -2.10. The van der Waals surface area contributed by atoms with Crippen molar-refractivity contribution in [2.45, 2.75) is 52.1 Å². The van der Waals surface area contributed by atoms with Gasteiger partial charge in [0.05, 0.1) is 5.56 Å². The molecule has 0 bridgehead atoms. The van der Waals surface area contributed by atoms with E-state index in [0.717, 1.165) is 35.9 Å². The molecule has 0 unspecified atom stereocenters. The highest BCUT2D eigenvalue weighted by Gasteiger charge is 2.35. The summed E-state index contributed by atoms with van der Waals surface area (Å²) in [6.45, 7) is 5.98. The van der Waals surface area contributed by atoms with E-state index in [1.54, 1.807) is 4.90 Å². The molecule has 1 aromatic carbocycles. The molecule has 0 saturated carbocycles. The van der Waals surface area contributed by atoms with Crippen molar-refractivity contribution in [2.75, 3.05) is 0 Å². The summed E-state index contributed by atoms with van der Waals surface area (Å²) in [4.78, 5) is 27.7. The maximum atomic E-state index is 13.0. The third kappa shape index (κ3) is 2.46. The number of carbonyl (C=O) groups excluding carboxylic acids is 2. The van der Waals surface area contributed by atoms with Gasteiger partial charge in [-0.15, -0.1) is 0 Å². The lowest BCUT2D eigenvalue weighted by molar-refractivity contribution is -0.132. The number of carbonyl (C=O) groups is 2. The SMILES string of the molecule is Cc1c(C(=O)C(=O)N2[C@H](C)CCC[C@@H]2C)c2ccccc2n1C. The number of hydrogen-bond acceptors (Lipinski definition) is 2. The number of amides is 1. The minimum Gasteiger partial charge on any atom is -0.347 e. The fraction of sp³-hybridized carbons (Fsp3) is 0.474. The fourth-order valence-electron chi connectivity index (χ4n) is 3.85. The molecule has 1 aliphatic heterocycles. The molecule has 3 rings (SSSR count). The number of para-hydroxylation sites is 1. The molecule has 4 nitrogen and oxygen atoms in total. The van der Waals surface area contributed by atoms with Gasteiger partial charge in [-0.25, -0.2) is 0 Å². The highest BCUT2D eigenvalue weighted by Crippen LogP contribution is 2.28. The molecular formula is C19H24N2O2. The van der Waals surface area contributed by atoms with Crippen LogP contribution in [0.15, 0.2) is 24.3 Å². The number of likely N-dealkylation sites (tertiary alicyclic amines) is 1. The Morgan fingerprint density at radius 3 is 2.35 bits per heavy atom. The van der Waals surface area contributed by atoms with E-state index in [2.05, 4.69) is 0 Å². The van der Waals surface area contributed by atoms with Crippen LogP contribution in [0.1, 0.15) is 49.2 Å². The second-order valence-electron chi connectivity index (χ2n) is 6.71. The molecule has 1 aliphatic rings. The van der Waals surface area contributed by atoms with Gasteiger partial charge in [-0.1, -0.05) is 18.2 Å². The first kappa shape index (κ1) is 15.8. The molecule has 1 saturated heterocycles. The Morgan fingerprint density at radius 2 is 1.70 bits per heavy atom. The van der Waals surface area contributed by atoms with E-state index in [1.807, 2.05) is 56.7 Å². The zero-order valence-corrected chi connectivity index (χ0v) is 14.3. The number of rotatable bonds is 2. The predicted octanol–water partition coefficient (Wildman–Crippen LogP) is 3.46. The summed E-state index contributed by atoms with van der Waals surface area (Å²) in [5.74, 6) is -0.732. The molecule has 122 valence electrons. The van der Waals surface area contributed by atoms with Crippen LogP contribution in [0.5, 0.6) is 0 Å². The van der Waals surface area contributed by atoms with Crippen LogP contribution < -0.4 is 0 Å². The smallest absolute Gasteiger partial charge is 0.295 e. The molecule has 0 radical (unpaired) electrons. The van der Waals surface area contributed by atoms with Crippen LogP contribution in [-0.4, -0.2) is 33.2 Å². The predicted molar refractivity (Wildman–Crippen MR) is 91.6 cm³/mol. The zero-order chi connectivity index (χ0) is 16.7. The standard InChI is InChI=1S/C19H24N2O2/c1-12-8-7-9-13(2)21(12)19(23)18(22)17-14(3)20(4)16-11-6-5-10-15(16)17/h5-6,10-13H,7-9H2,1-4H3/t12-,13+. The van der Waals surface area contributed by atoms with Crippen molar-refractivity contribution >= 4 is 22.6 Å². The average Bonchev–Trinajstić information content (AvgIpc) is 2.78. The molecule has 2 heterocycles. The van der Waals surface area contributed by atoms with Gasteiger partial charge in [0.2, 0.25) is 0 Å². The minimum absolute atomic E-state index is 0.130. The summed E-state index contributed by atoms with van der Waals surface area (Å²) >= 11 is 0. The first-order valence-electron chi connectivity index (χ1n) is 8.34. The largest absolute Gasteiger partial charge is 0.347 e. The summed E-state index contributed by atoms with van der Waals surface area (Å²) in [7, 11) is 1.94. The topological polar surface area (TPSA) is 42.3 Å². The van der Waals surface area contributed by atoms with Crippen LogP contribution in [0, 0.1) is 6.92 Å². The summed E-state index contributed by atoms with van der Waals surface area (Å²) in [6, 6.07) is 8.03. The van der Waals surface area contributed by atoms with Crippen LogP contribution in [0.2, 0.25) is 0 Å². The fourth-order valence-corrected chi connectivity index (χ4v) is 3.85. The van der Waals surface area contributed by atoms with Gasteiger partial charge < -0.3 is 9.47 Å². The van der Waals surface area contributed by atoms with Crippen LogP contribution in [0.4, 0.5) is 0 Å². The summed E-state index contributed by atoms with van der Waals surface area (Å²) in [5, 5.41) is 0.864. The summed E-state index contributed by atoms with van der Waals surface area (Å²) < 4.78 is 1.99. The molecule has 2 aromatic rings. The van der Waals surface area contributed by atoms with Crippen molar-refractivity contribution in [3.8, 4) is 0 Å². The number of fused-ring (bicyclic) bond motifs is 1. The number of benzene rings is 1. The molecule has 0 N–H and O–H groups in total. The molecular weight excluding hydrogens is 288 g/mol. The highest BCUT2D eigenvalue weighted by molar-refractivity contribution is 6.45. The van der Waals surface area contributed by atoms with Gasteiger partial charge in [-0.05, 0) is 46.1 Å². The van der Waals surface area contributed by atoms with Crippen molar-refractivity contribution in [1.82, 2.24) is 9.47 Å². The Morgan fingerprint density at radius 1 is 1.09 bits per heavy atom. The van der Waals surface area contributed by atoms with Gasteiger partial charge in [-0.3, -0.25) is 9.59 Å². The van der Waals surface area contributed by atoms with E-state index in [0.29, 0.717) is 5.56 Å². The maximum absolute atomic E-state index is 13.0. The molecule has 2 atom stereocenters. The third-order valence-electron chi connectivity index (χ3n) is 5.25. The zero-order valence-electron chi connectivity index (χ0n) is 14.3. The maximum Gasteiger partial charge on any atom is 0.295 e. The van der Waals surface area contributed by atoms with E-state index in [4.69, 9.17) is 0 Å². The second-order valence-corrected chi connectivity index (χ2v) is 6.71. The second kappa shape index (κ2) is 5.84. The molecule has 1 amide bonds. The summed E-state index contributed by atoms with van der Waals surface area (Å²) in [6.07, 6.45) is 3.06. The van der Waals surface area contributed by atoms with Gasteiger partial charge in [0.1, 0.15) is 0 Å². The average molecular weight is 312 g/mol. The van der Waals surface area contributed by atoms with Crippen LogP contribution in [0.3, 0.4) is 0 Å². The molecule has 0 aliphatic carbocycles. The first-order valence-corrected chi connectivity index (χ1v) is 8.34. The number of aryl methyl sites for hydroxylation is 1. The van der Waals surface area contributed by atoms with Gasteiger partial charge >= 0.3 is 0 Å². The Labute approximate surface area is 137 Å². The molecule has 23 heavy (non-hydrogen) atoms. The normalized spacial score (nSPS) is 21.7. The number of ketones is 1. The van der Waals surface area contributed by atoms with Crippen molar-refractivity contribution < 1.29 is 9.59 Å². The number of hydrogen-bond donors (Lipinski definition) is 0. The van der Waals surface area contributed by atoms with Gasteiger partial charge in [0, 0.05) is 35.7 Å².